The average molecular weight is 303 g/mol. The van der Waals surface area contributed by atoms with Crippen molar-refractivity contribution < 1.29 is 9.53 Å². The highest BCUT2D eigenvalue weighted by Crippen LogP contribution is 2.29. The number of esters is 1. The number of ether oxygens (including phenoxy) is 1. The Balaban J connectivity index is 1.98. The molecule has 1 N–H and O–H groups in total. The smallest absolute Gasteiger partial charge is 0.338 e. The Bertz CT molecular complexity index is 485. The van der Waals surface area contributed by atoms with E-state index in [2.05, 4.69) is 19.2 Å². The van der Waals surface area contributed by atoms with Gasteiger partial charge in [-0.3, -0.25) is 0 Å². The molecule has 1 aliphatic heterocycles. The van der Waals surface area contributed by atoms with Crippen molar-refractivity contribution in [1.29, 1.82) is 0 Å². The number of piperidine rings is 1. The zero-order valence-corrected chi connectivity index (χ0v) is 14.3. The van der Waals surface area contributed by atoms with Gasteiger partial charge in [0.25, 0.3) is 0 Å². The maximum absolute atomic E-state index is 12.4. The molecule has 22 heavy (non-hydrogen) atoms. The molecular formula is C19H29NO2. The van der Waals surface area contributed by atoms with Crippen LogP contribution in [0.1, 0.15) is 56.5 Å². The van der Waals surface area contributed by atoms with E-state index in [-0.39, 0.29) is 5.97 Å². The van der Waals surface area contributed by atoms with Crippen molar-refractivity contribution >= 4 is 5.97 Å². The largest absolute Gasteiger partial charge is 0.456 e. The quantitative estimate of drug-likeness (QED) is 0.840. The summed E-state index contributed by atoms with van der Waals surface area (Å²) in [4.78, 5) is 12.4. The molecule has 0 amide bonds. The standard InChI is InChI=1S/C19H29NO2/c1-14(2)13-15-5-7-16(8-6-15)18(21)22-19(3,4)17-9-11-20-12-10-17/h5-8,14,17,20H,9-13H2,1-4H3. The molecule has 0 aromatic heterocycles. The topological polar surface area (TPSA) is 38.3 Å². The van der Waals surface area contributed by atoms with Gasteiger partial charge in [0.1, 0.15) is 5.60 Å². The predicted octanol–water partition coefficient (Wildman–Crippen LogP) is 3.82. The third-order valence-electron chi connectivity index (χ3n) is 4.51. The lowest BCUT2D eigenvalue weighted by Gasteiger charge is -2.36. The van der Waals surface area contributed by atoms with Crippen molar-refractivity contribution in [3.05, 3.63) is 35.4 Å². The van der Waals surface area contributed by atoms with E-state index in [1.54, 1.807) is 0 Å². The summed E-state index contributed by atoms with van der Waals surface area (Å²) in [5.74, 6) is 0.842. The summed E-state index contributed by atoms with van der Waals surface area (Å²) in [7, 11) is 0. The minimum atomic E-state index is -0.407. The van der Waals surface area contributed by atoms with E-state index < -0.39 is 5.60 Å². The molecule has 0 atom stereocenters. The summed E-state index contributed by atoms with van der Waals surface area (Å²) < 4.78 is 5.82. The molecule has 0 spiro atoms. The van der Waals surface area contributed by atoms with Crippen LogP contribution in [0.4, 0.5) is 0 Å². The Hall–Kier alpha value is -1.35. The first-order chi connectivity index (χ1) is 10.4. The van der Waals surface area contributed by atoms with Gasteiger partial charge in [-0.15, -0.1) is 0 Å². The second-order valence-electron chi connectivity index (χ2n) is 7.31. The second-order valence-corrected chi connectivity index (χ2v) is 7.31. The highest BCUT2D eigenvalue weighted by Gasteiger charge is 2.34. The van der Waals surface area contributed by atoms with Crippen LogP contribution in [0.25, 0.3) is 0 Å². The van der Waals surface area contributed by atoms with Crippen molar-refractivity contribution in [3.63, 3.8) is 0 Å². The van der Waals surface area contributed by atoms with Gasteiger partial charge in [0.2, 0.25) is 0 Å². The SMILES string of the molecule is CC(C)Cc1ccc(C(=O)OC(C)(C)C2CCNCC2)cc1. The van der Waals surface area contributed by atoms with Crippen molar-refractivity contribution in [2.75, 3.05) is 13.1 Å². The molecule has 2 rings (SSSR count). The maximum Gasteiger partial charge on any atom is 0.338 e. The molecule has 0 bridgehead atoms. The molecule has 122 valence electrons. The fraction of sp³-hybridized carbons (Fsp3) is 0.632. The number of rotatable bonds is 5. The van der Waals surface area contributed by atoms with Crippen molar-refractivity contribution in [2.45, 2.75) is 52.6 Å². The molecule has 1 saturated heterocycles. The van der Waals surface area contributed by atoms with Crippen LogP contribution in [0.2, 0.25) is 0 Å². The van der Waals surface area contributed by atoms with Crippen LogP contribution < -0.4 is 5.32 Å². The van der Waals surface area contributed by atoms with Crippen LogP contribution >= 0.6 is 0 Å². The highest BCUT2D eigenvalue weighted by atomic mass is 16.6. The van der Waals surface area contributed by atoms with E-state index in [4.69, 9.17) is 4.74 Å². The van der Waals surface area contributed by atoms with Gasteiger partial charge in [-0.25, -0.2) is 4.79 Å². The summed E-state index contributed by atoms with van der Waals surface area (Å²) in [6.07, 6.45) is 3.16. The average Bonchev–Trinajstić information content (AvgIpc) is 2.48. The monoisotopic (exact) mass is 303 g/mol. The molecule has 1 aromatic rings. The summed E-state index contributed by atoms with van der Waals surface area (Å²) in [5.41, 5.74) is 1.51. The number of nitrogens with one attached hydrogen (secondary N) is 1. The second kappa shape index (κ2) is 7.28. The lowest BCUT2D eigenvalue weighted by Crippen LogP contribution is -2.42. The Morgan fingerprint density at radius 3 is 2.36 bits per heavy atom. The molecule has 1 heterocycles. The first kappa shape index (κ1) is 17.0. The molecule has 3 heteroatoms. The first-order valence-corrected chi connectivity index (χ1v) is 8.41. The van der Waals surface area contributed by atoms with Gasteiger partial charge in [-0.2, -0.15) is 0 Å². The summed E-state index contributed by atoms with van der Waals surface area (Å²) >= 11 is 0. The summed E-state index contributed by atoms with van der Waals surface area (Å²) in [6.45, 7) is 10.5. The van der Waals surface area contributed by atoms with Crippen LogP contribution in [-0.4, -0.2) is 24.7 Å². The van der Waals surface area contributed by atoms with Crippen LogP contribution in [0.15, 0.2) is 24.3 Å². The number of hydrogen-bond acceptors (Lipinski definition) is 3. The minimum Gasteiger partial charge on any atom is -0.456 e. The van der Waals surface area contributed by atoms with Gasteiger partial charge < -0.3 is 10.1 Å². The predicted molar refractivity (Wildman–Crippen MR) is 90.1 cm³/mol. The zero-order valence-electron chi connectivity index (χ0n) is 14.3. The van der Waals surface area contributed by atoms with Crippen LogP contribution in [0, 0.1) is 11.8 Å². The van der Waals surface area contributed by atoms with Gasteiger partial charge in [0, 0.05) is 5.92 Å². The Morgan fingerprint density at radius 1 is 1.23 bits per heavy atom. The number of carbonyl (C=O) groups is 1. The Kier molecular flexibility index (Phi) is 5.63. The molecular weight excluding hydrogens is 274 g/mol. The minimum absolute atomic E-state index is 0.209. The lowest BCUT2D eigenvalue weighted by atomic mass is 9.83. The van der Waals surface area contributed by atoms with Gasteiger partial charge in [-0.1, -0.05) is 26.0 Å². The number of hydrogen-bond donors (Lipinski definition) is 1. The van der Waals surface area contributed by atoms with Gasteiger partial charge in [0.05, 0.1) is 5.56 Å². The molecule has 1 fully saturated rings. The fourth-order valence-corrected chi connectivity index (χ4v) is 3.15. The molecule has 0 aliphatic carbocycles. The van der Waals surface area contributed by atoms with Crippen molar-refractivity contribution in [1.82, 2.24) is 5.32 Å². The van der Waals surface area contributed by atoms with E-state index in [9.17, 15) is 4.79 Å². The Labute approximate surface area is 134 Å². The Morgan fingerprint density at radius 2 is 1.82 bits per heavy atom. The maximum atomic E-state index is 12.4. The first-order valence-electron chi connectivity index (χ1n) is 8.41. The van der Waals surface area contributed by atoms with E-state index >= 15 is 0 Å². The van der Waals surface area contributed by atoms with E-state index in [0.717, 1.165) is 32.4 Å². The third-order valence-corrected chi connectivity index (χ3v) is 4.51. The molecule has 1 aliphatic rings. The lowest BCUT2D eigenvalue weighted by molar-refractivity contribution is -0.0368. The summed E-state index contributed by atoms with van der Waals surface area (Å²) in [6, 6.07) is 7.85. The van der Waals surface area contributed by atoms with Gasteiger partial charge in [0.15, 0.2) is 0 Å². The van der Waals surface area contributed by atoms with Crippen molar-refractivity contribution in [3.8, 4) is 0 Å². The normalized spacial score (nSPS) is 16.8. The zero-order chi connectivity index (χ0) is 16.2. The van der Waals surface area contributed by atoms with Gasteiger partial charge in [-0.05, 0) is 69.8 Å². The van der Waals surface area contributed by atoms with E-state index in [1.807, 2.05) is 38.1 Å². The third kappa shape index (κ3) is 4.57. The molecule has 0 radical (unpaired) electrons. The number of benzene rings is 1. The van der Waals surface area contributed by atoms with E-state index in [0.29, 0.717) is 17.4 Å². The highest BCUT2D eigenvalue weighted by molar-refractivity contribution is 5.89. The number of carbonyl (C=O) groups excluding carboxylic acids is 1. The molecule has 1 aromatic carbocycles. The molecule has 3 nitrogen and oxygen atoms in total. The molecule has 0 saturated carbocycles. The fourth-order valence-electron chi connectivity index (χ4n) is 3.15. The van der Waals surface area contributed by atoms with Crippen LogP contribution in [-0.2, 0) is 11.2 Å². The van der Waals surface area contributed by atoms with Crippen LogP contribution in [0.5, 0.6) is 0 Å². The van der Waals surface area contributed by atoms with Crippen molar-refractivity contribution in [2.24, 2.45) is 11.8 Å². The molecule has 0 unspecified atom stereocenters. The van der Waals surface area contributed by atoms with Gasteiger partial charge >= 0.3 is 5.97 Å². The van der Waals surface area contributed by atoms with E-state index in [1.165, 1.54) is 5.56 Å². The summed E-state index contributed by atoms with van der Waals surface area (Å²) in [5, 5.41) is 3.35. The van der Waals surface area contributed by atoms with Crippen LogP contribution in [0.3, 0.4) is 0 Å².